The van der Waals surface area contributed by atoms with Gasteiger partial charge in [-0.1, -0.05) is 140 Å². The highest BCUT2D eigenvalue weighted by molar-refractivity contribution is 7.27. The topological polar surface area (TPSA) is 0 Å². The van der Waals surface area contributed by atoms with E-state index in [1.807, 2.05) is 22.7 Å². The quantitative estimate of drug-likeness (QED) is 0.164. The molecule has 232 valence electrons. The largest absolute Gasteiger partial charge is 0.135 e. The molecule has 0 saturated heterocycles. The van der Waals surface area contributed by atoms with Crippen molar-refractivity contribution in [1.82, 2.24) is 0 Å². The summed E-state index contributed by atoms with van der Waals surface area (Å²) in [5.41, 5.74) is 7.60. The van der Waals surface area contributed by atoms with Gasteiger partial charge >= 0.3 is 0 Å². The minimum atomic E-state index is 1.23. The average Bonchev–Trinajstić information content (AvgIpc) is 3.74. The van der Waals surface area contributed by atoms with Gasteiger partial charge in [0.25, 0.3) is 0 Å². The Morgan fingerprint density at radius 2 is 0.740 bits per heavy atom. The molecule has 11 aromatic rings. The first-order valence-electron chi connectivity index (χ1n) is 17.1. The fraction of sp³-hybridized carbons (Fsp3) is 0. The standard InChI is InChI=1S/C48H28S2/c1-2-12-29(13-3-1)30-22-24-31(25-23-30)46-34-16-4-6-18-36(34)47(37-19-7-5-17-35(37)46)40-27-41-33-15-9-11-21-44(33)50-48(41)42-28-45-39(26-38(40)42)32-14-8-10-20-43(32)49-45/h1-28H. The maximum absolute atomic E-state index is 2.50. The fourth-order valence-corrected chi connectivity index (χ4v) is 10.5. The summed E-state index contributed by atoms with van der Waals surface area (Å²) in [5, 5.41) is 13.1. The summed E-state index contributed by atoms with van der Waals surface area (Å²) < 4.78 is 5.39. The van der Waals surface area contributed by atoms with Crippen molar-refractivity contribution in [3.8, 4) is 33.4 Å². The SMILES string of the molecule is c1ccc(-c2ccc(-c3c4ccccc4c(-c4cc5c6ccccc6sc5c5cc6sc7ccccc7c6cc45)c4ccccc34)cc2)cc1. The lowest BCUT2D eigenvalue weighted by Gasteiger charge is -2.19. The molecular weight excluding hydrogens is 641 g/mol. The first kappa shape index (κ1) is 28.1. The van der Waals surface area contributed by atoms with Gasteiger partial charge in [-0.05, 0) is 90.6 Å². The number of hydrogen-bond donors (Lipinski definition) is 0. The number of fused-ring (bicyclic) bond motifs is 10. The van der Waals surface area contributed by atoms with E-state index in [0.29, 0.717) is 0 Å². The lowest BCUT2D eigenvalue weighted by molar-refractivity contribution is 1.61. The highest BCUT2D eigenvalue weighted by Gasteiger charge is 2.21. The van der Waals surface area contributed by atoms with Crippen LogP contribution in [-0.2, 0) is 0 Å². The molecule has 0 atom stereocenters. The first-order valence-corrected chi connectivity index (χ1v) is 18.7. The van der Waals surface area contributed by atoms with Crippen LogP contribution in [0.3, 0.4) is 0 Å². The van der Waals surface area contributed by atoms with Crippen molar-refractivity contribution in [3.05, 3.63) is 170 Å². The van der Waals surface area contributed by atoms with Crippen molar-refractivity contribution in [1.29, 1.82) is 0 Å². The van der Waals surface area contributed by atoms with E-state index in [0.717, 1.165) is 0 Å². The van der Waals surface area contributed by atoms with E-state index in [1.165, 1.54) is 106 Å². The molecule has 0 nitrogen and oxygen atoms in total. The van der Waals surface area contributed by atoms with Gasteiger partial charge in [0.2, 0.25) is 0 Å². The molecule has 0 saturated carbocycles. The Morgan fingerprint density at radius 3 is 1.40 bits per heavy atom. The molecule has 0 fully saturated rings. The van der Waals surface area contributed by atoms with Gasteiger partial charge in [0.05, 0.1) is 0 Å². The fourth-order valence-electron chi connectivity index (χ4n) is 8.21. The predicted octanol–water partition coefficient (Wildman–Crippen LogP) is 14.9. The van der Waals surface area contributed by atoms with Crippen molar-refractivity contribution in [3.63, 3.8) is 0 Å². The molecule has 0 unspecified atom stereocenters. The molecule has 2 heteroatoms. The zero-order valence-corrected chi connectivity index (χ0v) is 28.6. The summed E-state index contributed by atoms with van der Waals surface area (Å²) in [6, 6.07) is 63.1. The third-order valence-electron chi connectivity index (χ3n) is 10.5. The molecule has 0 spiro atoms. The summed E-state index contributed by atoms with van der Waals surface area (Å²) in [6.45, 7) is 0. The van der Waals surface area contributed by atoms with Crippen molar-refractivity contribution in [2.24, 2.45) is 0 Å². The van der Waals surface area contributed by atoms with E-state index in [1.54, 1.807) is 0 Å². The highest BCUT2D eigenvalue weighted by Crippen LogP contribution is 2.50. The van der Waals surface area contributed by atoms with Crippen LogP contribution in [0, 0.1) is 0 Å². The van der Waals surface area contributed by atoms with E-state index in [4.69, 9.17) is 0 Å². The lowest BCUT2D eigenvalue weighted by Crippen LogP contribution is -1.92. The maximum Gasteiger partial charge on any atom is 0.0434 e. The minimum Gasteiger partial charge on any atom is -0.135 e. The molecule has 0 aliphatic heterocycles. The molecule has 0 aliphatic carbocycles. The Hall–Kier alpha value is -5.80. The van der Waals surface area contributed by atoms with Crippen LogP contribution in [0.1, 0.15) is 0 Å². The minimum absolute atomic E-state index is 1.23. The van der Waals surface area contributed by atoms with Crippen molar-refractivity contribution in [2.45, 2.75) is 0 Å². The number of thiophene rings is 2. The van der Waals surface area contributed by atoms with Crippen molar-refractivity contribution in [2.75, 3.05) is 0 Å². The molecule has 2 heterocycles. The van der Waals surface area contributed by atoms with Gasteiger partial charge in [0.1, 0.15) is 0 Å². The summed E-state index contributed by atoms with van der Waals surface area (Å²) in [4.78, 5) is 0. The van der Waals surface area contributed by atoms with Crippen LogP contribution in [0.15, 0.2) is 170 Å². The Kier molecular flexibility index (Phi) is 6.09. The van der Waals surface area contributed by atoms with Crippen molar-refractivity contribution >= 4 is 95.3 Å². The normalized spacial score (nSPS) is 12.0. The zero-order chi connectivity index (χ0) is 32.8. The smallest absolute Gasteiger partial charge is 0.0434 e. The second-order valence-corrected chi connectivity index (χ2v) is 15.3. The Labute approximate surface area is 297 Å². The Morgan fingerprint density at radius 1 is 0.260 bits per heavy atom. The van der Waals surface area contributed by atoms with Gasteiger partial charge in [0.15, 0.2) is 0 Å². The van der Waals surface area contributed by atoms with Crippen molar-refractivity contribution < 1.29 is 0 Å². The highest BCUT2D eigenvalue weighted by atomic mass is 32.1. The van der Waals surface area contributed by atoms with Gasteiger partial charge in [-0.2, -0.15) is 0 Å². The van der Waals surface area contributed by atoms with Crippen LogP contribution in [0.4, 0.5) is 0 Å². The molecular formula is C48H28S2. The second-order valence-electron chi connectivity index (χ2n) is 13.2. The molecule has 0 amide bonds. The van der Waals surface area contributed by atoms with E-state index in [2.05, 4.69) is 170 Å². The van der Waals surface area contributed by atoms with Crippen LogP contribution in [-0.4, -0.2) is 0 Å². The maximum atomic E-state index is 2.50. The Bertz CT molecular complexity index is 3070. The molecule has 11 rings (SSSR count). The van der Waals surface area contributed by atoms with Gasteiger partial charge in [0, 0.05) is 45.7 Å². The third-order valence-corrected chi connectivity index (χ3v) is 12.8. The molecule has 0 aliphatic rings. The number of hydrogen-bond acceptors (Lipinski definition) is 2. The second kappa shape index (κ2) is 10.9. The van der Waals surface area contributed by atoms with Gasteiger partial charge in [-0.15, -0.1) is 22.7 Å². The summed E-state index contributed by atoms with van der Waals surface area (Å²) in [5.74, 6) is 0. The number of rotatable bonds is 3. The van der Waals surface area contributed by atoms with Gasteiger partial charge in [-0.3, -0.25) is 0 Å². The van der Waals surface area contributed by atoms with E-state index < -0.39 is 0 Å². The summed E-state index contributed by atoms with van der Waals surface area (Å²) >= 11 is 3.82. The first-order chi connectivity index (χ1) is 24.8. The van der Waals surface area contributed by atoms with Crippen LogP contribution in [0.5, 0.6) is 0 Å². The molecule has 9 aromatic carbocycles. The average molecular weight is 669 g/mol. The number of benzene rings is 9. The molecule has 0 N–H and O–H groups in total. The molecule has 50 heavy (non-hydrogen) atoms. The summed E-state index contributed by atoms with van der Waals surface area (Å²) in [7, 11) is 0. The predicted molar refractivity (Wildman–Crippen MR) is 221 cm³/mol. The monoisotopic (exact) mass is 668 g/mol. The molecule has 0 bridgehead atoms. The van der Waals surface area contributed by atoms with Crippen LogP contribution < -0.4 is 0 Å². The van der Waals surface area contributed by atoms with Gasteiger partial charge < -0.3 is 0 Å². The Balaban J connectivity index is 1.27. The lowest BCUT2D eigenvalue weighted by atomic mass is 9.84. The van der Waals surface area contributed by atoms with E-state index in [9.17, 15) is 0 Å². The summed E-state index contributed by atoms with van der Waals surface area (Å²) in [6.07, 6.45) is 0. The van der Waals surface area contributed by atoms with Crippen LogP contribution in [0.2, 0.25) is 0 Å². The van der Waals surface area contributed by atoms with E-state index >= 15 is 0 Å². The third kappa shape index (κ3) is 4.10. The van der Waals surface area contributed by atoms with Gasteiger partial charge in [-0.25, -0.2) is 0 Å². The van der Waals surface area contributed by atoms with Crippen LogP contribution >= 0.6 is 22.7 Å². The zero-order valence-electron chi connectivity index (χ0n) is 27.0. The molecule has 0 radical (unpaired) electrons. The van der Waals surface area contributed by atoms with E-state index in [-0.39, 0.29) is 0 Å². The van der Waals surface area contributed by atoms with Crippen LogP contribution in [0.25, 0.3) is 106 Å². The molecule has 2 aromatic heterocycles.